The van der Waals surface area contributed by atoms with Gasteiger partial charge in [0.05, 0.1) is 11.9 Å². The van der Waals surface area contributed by atoms with Gasteiger partial charge in [-0.2, -0.15) is 0 Å². The fraction of sp³-hybridized carbons (Fsp3) is 0.440. The molecule has 0 aliphatic carbocycles. The molecule has 0 spiro atoms. The Kier molecular flexibility index (Phi) is 20.6. The number of rotatable bonds is 4. The van der Waals surface area contributed by atoms with Crippen LogP contribution < -0.4 is 0 Å². The summed E-state index contributed by atoms with van der Waals surface area (Å²) in [5.41, 5.74) is 1.42. The molecule has 0 atom stereocenters. The van der Waals surface area contributed by atoms with Crippen LogP contribution in [0, 0.1) is 17.3 Å². The van der Waals surface area contributed by atoms with Crippen LogP contribution in [0.15, 0.2) is 49.2 Å². The maximum Gasteiger partial charge on any atom is 0.152 e. The fourth-order valence-corrected chi connectivity index (χ4v) is 1.31. The van der Waals surface area contributed by atoms with Crippen molar-refractivity contribution in [2.75, 3.05) is 0 Å². The second kappa shape index (κ2) is 19.2. The van der Waals surface area contributed by atoms with Gasteiger partial charge in [-0.3, -0.25) is 9.78 Å². The molecule has 3 heteroatoms. The lowest BCUT2D eigenvalue weighted by molar-refractivity contribution is -0.112. The molecular weight excluding hydrogens is 346 g/mol. The summed E-state index contributed by atoms with van der Waals surface area (Å²) in [6, 6.07) is 3.16. The topological polar surface area (TPSA) is 50.2 Å². The van der Waals surface area contributed by atoms with Gasteiger partial charge >= 0.3 is 0 Å². The van der Waals surface area contributed by atoms with Gasteiger partial charge < -0.3 is 5.11 Å². The van der Waals surface area contributed by atoms with Gasteiger partial charge in [0.15, 0.2) is 5.78 Å². The molecule has 1 N–H and O–H groups in total. The van der Waals surface area contributed by atoms with Gasteiger partial charge in [-0.1, -0.05) is 59.1 Å². The number of allylic oxidation sites excluding steroid dienone is 5. The highest BCUT2D eigenvalue weighted by Gasteiger charge is 2.02. The summed E-state index contributed by atoms with van der Waals surface area (Å²) in [5.74, 6) is 6.19. The minimum absolute atomic E-state index is 0.0371. The molecule has 156 valence electrons. The van der Waals surface area contributed by atoms with Crippen LogP contribution in [0.5, 0.6) is 5.75 Å². The summed E-state index contributed by atoms with van der Waals surface area (Å²) >= 11 is 0. The highest BCUT2D eigenvalue weighted by Crippen LogP contribution is 2.13. The van der Waals surface area contributed by atoms with Crippen molar-refractivity contribution >= 4 is 11.4 Å². The third kappa shape index (κ3) is 21.4. The van der Waals surface area contributed by atoms with E-state index in [4.69, 9.17) is 5.11 Å². The van der Waals surface area contributed by atoms with Crippen molar-refractivity contribution in [3.63, 3.8) is 0 Å². The van der Waals surface area contributed by atoms with Crippen molar-refractivity contribution < 1.29 is 9.90 Å². The summed E-state index contributed by atoms with van der Waals surface area (Å²) in [6.07, 6.45) is 9.42. The molecule has 0 radical (unpaired) electrons. The van der Waals surface area contributed by atoms with E-state index in [2.05, 4.69) is 57.2 Å². The minimum Gasteiger partial charge on any atom is -0.506 e. The third-order valence-corrected chi connectivity index (χ3v) is 2.48. The second-order valence-corrected chi connectivity index (χ2v) is 6.20. The Hall–Kier alpha value is -2.60. The molecule has 0 saturated carbocycles. The molecule has 28 heavy (non-hydrogen) atoms. The van der Waals surface area contributed by atoms with Crippen molar-refractivity contribution in [2.24, 2.45) is 5.41 Å². The van der Waals surface area contributed by atoms with Crippen molar-refractivity contribution in [1.82, 2.24) is 4.98 Å². The molecule has 3 nitrogen and oxygen atoms in total. The second-order valence-electron chi connectivity index (χ2n) is 6.20. The van der Waals surface area contributed by atoms with Gasteiger partial charge in [-0.25, -0.2) is 0 Å². The molecule has 0 bridgehead atoms. The molecule has 1 aromatic heterocycles. The molecular formula is C25H39NO2. The van der Waals surface area contributed by atoms with Crippen molar-refractivity contribution in [3.8, 4) is 17.6 Å². The van der Waals surface area contributed by atoms with Gasteiger partial charge in [0, 0.05) is 5.41 Å². The van der Waals surface area contributed by atoms with E-state index in [9.17, 15) is 4.79 Å². The number of pyridine rings is 1. The predicted molar refractivity (Wildman–Crippen MR) is 124 cm³/mol. The third-order valence-electron chi connectivity index (χ3n) is 2.48. The van der Waals surface area contributed by atoms with Crippen LogP contribution in [0.2, 0.25) is 0 Å². The number of aromatic hydroxyl groups is 1. The first-order chi connectivity index (χ1) is 13.2. The summed E-state index contributed by atoms with van der Waals surface area (Å²) in [6.45, 7) is 21.6. The first-order valence-electron chi connectivity index (χ1n) is 9.86. The molecule has 0 aliphatic heterocycles. The minimum atomic E-state index is -0.0371. The Bertz CT molecular complexity index is 649. The summed E-state index contributed by atoms with van der Waals surface area (Å²) < 4.78 is 0. The van der Waals surface area contributed by atoms with E-state index in [0.717, 1.165) is 6.42 Å². The number of aromatic nitrogens is 1. The van der Waals surface area contributed by atoms with Crippen LogP contribution in [-0.2, 0) is 4.79 Å². The zero-order valence-electron chi connectivity index (χ0n) is 19.3. The molecule has 1 aromatic rings. The van der Waals surface area contributed by atoms with E-state index in [1.807, 2.05) is 33.8 Å². The summed E-state index contributed by atoms with van der Waals surface area (Å²) in [5, 5.41) is 8.99. The quantitative estimate of drug-likeness (QED) is 0.345. The standard InChI is InChI=1S/C11H11NO2.C10H16.2C2H6/c1-8(3-4-9(2)13)11-6-5-10(14)7-12-11;1-5-6-7-8-9-10(2,3)4;2*1-2/h3-7,14H,1H2,2H3;6-7H,5H2,1-4H3;2*1-2H3/b4-3-;7-6+;;. The summed E-state index contributed by atoms with van der Waals surface area (Å²) in [4.78, 5) is 14.6. The van der Waals surface area contributed by atoms with E-state index in [-0.39, 0.29) is 16.9 Å². The van der Waals surface area contributed by atoms with Crippen molar-refractivity contribution in [2.45, 2.75) is 68.7 Å². The van der Waals surface area contributed by atoms with Gasteiger partial charge in [0.25, 0.3) is 0 Å². The average molecular weight is 386 g/mol. The lowest BCUT2D eigenvalue weighted by atomic mass is 9.98. The smallest absolute Gasteiger partial charge is 0.152 e. The Morgan fingerprint density at radius 3 is 2.14 bits per heavy atom. The van der Waals surface area contributed by atoms with E-state index in [1.54, 1.807) is 12.1 Å². The zero-order chi connectivity index (χ0) is 22.6. The Balaban J connectivity index is -0.000000394. The van der Waals surface area contributed by atoms with E-state index in [1.165, 1.54) is 25.3 Å². The first kappa shape index (κ1) is 30.1. The number of hydrogen-bond donors (Lipinski definition) is 1. The number of hydrogen-bond acceptors (Lipinski definition) is 3. The number of ketones is 1. The molecule has 0 aromatic carbocycles. The van der Waals surface area contributed by atoms with Crippen molar-refractivity contribution in [3.05, 3.63) is 54.9 Å². The number of carbonyl (C=O) groups is 1. The van der Waals surface area contributed by atoms with Crippen LogP contribution in [0.1, 0.15) is 74.4 Å². The van der Waals surface area contributed by atoms with Gasteiger partial charge in [-0.05, 0) is 70.0 Å². The van der Waals surface area contributed by atoms with Crippen LogP contribution >= 0.6 is 0 Å². The van der Waals surface area contributed by atoms with Crippen LogP contribution in [0.3, 0.4) is 0 Å². The van der Waals surface area contributed by atoms with Crippen molar-refractivity contribution in [1.29, 1.82) is 0 Å². The maximum atomic E-state index is 10.6. The fourth-order valence-electron chi connectivity index (χ4n) is 1.31. The highest BCUT2D eigenvalue weighted by molar-refractivity contribution is 5.90. The zero-order valence-corrected chi connectivity index (χ0v) is 19.3. The van der Waals surface area contributed by atoms with Crippen LogP contribution in [-0.4, -0.2) is 15.9 Å². The summed E-state index contributed by atoms with van der Waals surface area (Å²) in [7, 11) is 0. The van der Waals surface area contributed by atoms with Gasteiger partial charge in [-0.15, -0.1) is 0 Å². The number of nitrogens with zero attached hydrogens (tertiary/aromatic N) is 1. The van der Waals surface area contributed by atoms with Crippen LogP contribution in [0.4, 0.5) is 0 Å². The first-order valence-corrected chi connectivity index (χ1v) is 9.86. The molecule has 1 heterocycles. The molecule has 0 aliphatic rings. The average Bonchev–Trinajstić information content (AvgIpc) is 2.67. The Morgan fingerprint density at radius 2 is 1.75 bits per heavy atom. The monoisotopic (exact) mass is 385 g/mol. The molecule has 0 fully saturated rings. The lowest BCUT2D eigenvalue weighted by Gasteiger charge is -2.05. The molecule has 1 rings (SSSR count). The maximum absolute atomic E-state index is 10.6. The molecule has 0 amide bonds. The van der Waals surface area contributed by atoms with E-state index >= 15 is 0 Å². The molecule has 0 saturated heterocycles. The Morgan fingerprint density at radius 1 is 1.18 bits per heavy atom. The van der Waals surface area contributed by atoms with Gasteiger partial charge in [0.1, 0.15) is 5.75 Å². The number of carbonyl (C=O) groups excluding carboxylic acids is 1. The van der Waals surface area contributed by atoms with Gasteiger partial charge in [0.2, 0.25) is 0 Å². The lowest BCUT2D eigenvalue weighted by Crippen LogP contribution is -1.98. The Labute approximate surface area is 173 Å². The molecule has 0 unspecified atom stereocenters. The van der Waals surface area contributed by atoms with E-state index in [0.29, 0.717) is 11.3 Å². The largest absolute Gasteiger partial charge is 0.506 e. The van der Waals surface area contributed by atoms with E-state index < -0.39 is 0 Å². The normalized spacial score (nSPS) is 9.61. The predicted octanol–water partition coefficient (Wildman–Crippen LogP) is 7.00. The SMILES string of the molecule is C=C(/C=C\C(C)=O)c1ccc(O)cn1.CC.CC.CC/C=C/C#CC(C)(C)C. The van der Waals surface area contributed by atoms with Crippen LogP contribution in [0.25, 0.3) is 5.57 Å². The highest BCUT2D eigenvalue weighted by atomic mass is 16.3.